The van der Waals surface area contributed by atoms with Crippen LogP contribution < -0.4 is 15.0 Å². The van der Waals surface area contributed by atoms with Crippen molar-refractivity contribution in [3.05, 3.63) is 65.7 Å². The number of benzene rings is 2. The van der Waals surface area contributed by atoms with Crippen molar-refractivity contribution in [2.24, 2.45) is 0 Å². The van der Waals surface area contributed by atoms with Crippen LogP contribution in [-0.4, -0.2) is 24.5 Å². The highest BCUT2D eigenvalue weighted by atomic mass is 16.5. The van der Waals surface area contributed by atoms with Crippen LogP contribution >= 0.6 is 0 Å². The Bertz CT molecular complexity index is 936. The van der Waals surface area contributed by atoms with Gasteiger partial charge in [-0.15, -0.1) is 0 Å². The normalized spacial score (nSPS) is 15.3. The number of ether oxygens (including phenoxy) is 1. The summed E-state index contributed by atoms with van der Waals surface area (Å²) in [4.78, 5) is 38.2. The molecule has 6 heteroatoms. The van der Waals surface area contributed by atoms with E-state index >= 15 is 0 Å². The van der Waals surface area contributed by atoms with Crippen LogP contribution in [-0.2, 0) is 9.59 Å². The third kappa shape index (κ3) is 6.04. The van der Waals surface area contributed by atoms with E-state index in [1.165, 1.54) is 31.8 Å². The van der Waals surface area contributed by atoms with Crippen molar-refractivity contribution in [1.29, 1.82) is 0 Å². The smallest absolute Gasteiger partial charge is 0.335 e. The molecule has 4 amide bonds. The van der Waals surface area contributed by atoms with E-state index in [1.807, 2.05) is 12.1 Å². The number of barbiturate groups is 1. The predicted octanol–water partition coefficient (Wildman–Crippen LogP) is 5.09. The van der Waals surface area contributed by atoms with Gasteiger partial charge in [0.2, 0.25) is 0 Å². The average Bonchev–Trinajstić information content (AvgIpc) is 2.77. The highest BCUT2D eigenvalue weighted by Gasteiger charge is 2.36. The van der Waals surface area contributed by atoms with Crippen molar-refractivity contribution in [2.45, 2.75) is 45.4 Å². The van der Waals surface area contributed by atoms with Gasteiger partial charge in [-0.1, -0.05) is 69.4 Å². The van der Waals surface area contributed by atoms with Gasteiger partial charge in [0.15, 0.2) is 0 Å². The van der Waals surface area contributed by atoms with E-state index in [9.17, 15) is 14.4 Å². The molecular weight excluding hydrogens is 392 g/mol. The number of nitrogens with one attached hydrogen (secondary N) is 1. The van der Waals surface area contributed by atoms with Crippen LogP contribution in [0, 0.1) is 0 Å². The standard InChI is InChI=1S/C25H28N2O4/c1-2-3-4-5-6-10-17-31-21-15-13-19(14-16-21)18-22-23(28)26-25(30)27(24(22)29)20-11-8-7-9-12-20/h7-9,11-16,18H,2-6,10,17H2,1H3,(H,26,28,30)/b22-18-. The van der Waals surface area contributed by atoms with Crippen LogP contribution in [0.25, 0.3) is 6.08 Å². The minimum Gasteiger partial charge on any atom is -0.494 e. The minimum atomic E-state index is -0.753. The maximum absolute atomic E-state index is 12.8. The lowest BCUT2D eigenvalue weighted by Crippen LogP contribution is -2.54. The first-order valence-corrected chi connectivity index (χ1v) is 10.8. The zero-order valence-electron chi connectivity index (χ0n) is 17.8. The Labute approximate surface area is 182 Å². The number of carbonyl (C=O) groups is 3. The van der Waals surface area contributed by atoms with E-state index in [1.54, 1.807) is 42.5 Å². The summed E-state index contributed by atoms with van der Waals surface area (Å²) in [7, 11) is 0. The summed E-state index contributed by atoms with van der Waals surface area (Å²) in [5.74, 6) is -0.606. The molecule has 0 radical (unpaired) electrons. The molecule has 162 valence electrons. The number of unbranched alkanes of at least 4 members (excludes halogenated alkanes) is 5. The lowest BCUT2D eigenvalue weighted by atomic mass is 10.1. The topological polar surface area (TPSA) is 75.7 Å². The van der Waals surface area contributed by atoms with E-state index in [0.717, 1.165) is 23.5 Å². The lowest BCUT2D eigenvalue weighted by molar-refractivity contribution is -0.122. The first-order chi connectivity index (χ1) is 15.1. The Morgan fingerprint density at radius 3 is 2.26 bits per heavy atom. The molecule has 0 unspecified atom stereocenters. The summed E-state index contributed by atoms with van der Waals surface area (Å²) in [6, 6.07) is 15.0. The molecule has 0 aromatic heterocycles. The quantitative estimate of drug-likeness (QED) is 0.330. The number of nitrogens with zero attached hydrogens (tertiary/aromatic N) is 1. The Balaban J connectivity index is 1.62. The average molecular weight is 421 g/mol. The highest BCUT2D eigenvalue weighted by Crippen LogP contribution is 2.22. The van der Waals surface area contributed by atoms with Crippen molar-refractivity contribution < 1.29 is 19.1 Å². The molecule has 0 spiro atoms. The second-order valence-corrected chi connectivity index (χ2v) is 7.48. The molecule has 1 fully saturated rings. The summed E-state index contributed by atoms with van der Waals surface area (Å²) in [6.07, 6.45) is 8.72. The van der Waals surface area contributed by atoms with E-state index in [0.29, 0.717) is 17.9 Å². The van der Waals surface area contributed by atoms with Gasteiger partial charge in [0.1, 0.15) is 11.3 Å². The number of hydrogen-bond donors (Lipinski definition) is 1. The van der Waals surface area contributed by atoms with Crippen molar-refractivity contribution in [2.75, 3.05) is 11.5 Å². The van der Waals surface area contributed by atoms with Crippen LogP contribution in [0.4, 0.5) is 10.5 Å². The van der Waals surface area contributed by atoms with Crippen LogP contribution in [0.3, 0.4) is 0 Å². The maximum Gasteiger partial charge on any atom is 0.335 e. The Morgan fingerprint density at radius 2 is 1.55 bits per heavy atom. The molecule has 31 heavy (non-hydrogen) atoms. The first-order valence-electron chi connectivity index (χ1n) is 10.8. The number of imide groups is 2. The monoisotopic (exact) mass is 420 g/mol. The molecule has 1 heterocycles. The minimum absolute atomic E-state index is 0.0933. The number of amides is 4. The molecule has 1 aliphatic heterocycles. The highest BCUT2D eigenvalue weighted by molar-refractivity contribution is 6.39. The number of urea groups is 1. The lowest BCUT2D eigenvalue weighted by Gasteiger charge is -2.26. The number of hydrogen-bond acceptors (Lipinski definition) is 4. The van der Waals surface area contributed by atoms with E-state index in [-0.39, 0.29) is 5.57 Å². The Morgan fingerprint density at radius 1 is 0.871 bits per heavy atom. The number of rotatable bonds is 10. The second-order valence-electron chi connectivity index (χ2n) is 7.48. The third-order valence-electron chi connectivity index (χ3n) is 5.07. The molecule has 1 aliphatic rings. The van der Waals surface area contributed by atoms with Gasteiger partial charge in [-0.25, -0.2) is 9.69 Å². The fourth-order valence-electron chi connectivity index (χ4n) is 3.37. The van der Waals surface area contributed by atoms with Crippen molar-refractivity contribution in [3.63, 3.8) is 0 Å². The van der Waals surface area contributed by atoms with E-state index < -0.39 is 17.8 Å². The summed E-state index contributed by atoms with van der Waals surface area (Å²) in [5.41, 5.74) is 0.985. The van der Waals surface area contributed by atoms with Crippen molar-refractivity contribution in [1.82, 2.24) is 5.32 Å². The molecule has 2 aromatic carbocycles. The number of para-hydroxylation sites is 1. The molecule has 2 aromatic rings. The van der Waals surface area contributed by atoms with Gasteiger partial charge in [-0.3, -0.25) is 14.9 Å². The molecular formula is C25H28N2O4. The van der Waals surface area contributed by atoms with E-state index in [2.05, 4.69) is 12.2 Å². The molecule has 6 nitrogen and oxygen atoms in total. The van der Waals surface area contributed by atoms with Crippen LogP contribution in [0.15, 0.2) is 60.2 Å². The summed E-state index contributed by atoms with van der Waals surface area (Å²) < 4.78 is 5.77. The van der Waals surface area contributed by atoms with Gasteiger partial charge in [-0.2, -0.15) is 0 Å². The van der Waals surface area contributed by atoms with Crippen LogP contribution in [0.1, 0.15) is 51.0 Å². The van der Waals surface area contributed by atoms with Gasteiger partial charge in [0, 0.05) is 0 Å². The number of carbonyl (C=O) groups excluding carboxylic acids is 3. The largest absolute Gasteiger partial charge is 0.494 e. The zero-order valence-corrected chi connectivity index (χ0v) is 17.8. The van der Waals surface area contributed by atoms with Crippen molar-refractivity contribution in [3.8, 4) is 5.75 Å². The molecule has 3 rings (SSSR count). The van der Waals surface area contributed by atoms with Crippen molar-refractivity contribution >= 4 is 29.6 Å². The molecule has 1 saturated heterocycles. The summed E-state index contributed by atoms with van der Waals surface area (Å²) >= 11 is 0. The first kappa shape index (κ1) is 22.3. The van der Waals surface area contributed by atoms with E-state index in [4.69, 9.17) is 4.74 Å². The second kappa shape index (κ2) is 11.1. The molecule has 1 N–H and O–H groups in total. The van der Waals surface area contributed by atoms with Gasteiger partial charge < -0.3 is 4.74 Å². The Kier molecular flexibility index (Phi) is 7.98. The fourth-order valence-corrected chi connectivity index (χ4v) is 3.37. The number of anilines is 1. The summed E-state index contributed by atoms with van der Waals surface area (Å²) in [5, 5.41) is 2.23. The van der Waals surface area contributed by atoms with Gasteiger partial charge in [0.25, 0.3) is 11.8 Å². The third-order valence-corrected chi connectivity index (χ3v) is 5.07. The van der Waals surface area contributed by atoms with Gasteiger partial charge in [0.05, 0.1) is 12.3 Å². The molecule has 0 bridgehead atoms. The predicted molar refractivity (Wildman–Crippen MR) is 121 cm³/mol. The van der Waals surface area contributed by atoms with Gasteiger partial charge in [-0.05, 0) is 42.3 Å². The Hall–Kier alpha value is -3.41. The zero-order chi connectivity index (χ0) is 22.1. The maximum atomic E-state index is 12.8. The molecule has 0 aliphatic carbocycles. The molecule has 0 saturated carbocycles. The molecule has 0 atom stereocenters. The van der Waals surface area contributed by atoms with Crippen LogP contribution in [0.2, 0.25) is 0 Å². The fraction of sp³-hybridized carbons (Fsp3) is 0.320. The SMILES string of the molecule is CCCCCCCCOc1ccc(/C=C2/C(=O)NC(=O)N(c3ccccc3)C2=O)cc1. The van der Waals surface area contributed by atoms with Crippen LogP contribution in [0.5, 0.6) is 5.75 Å². The summed E-state index contributed by atoms with van der Waals surface area (Å²) in [6.45, 7) is 2.87. The van der Waals surface area contributed by atoms with Gasteiger partial charge >= 0.3 is 6.03 Å².